The maximum atomic E-state index is 9.23. The van der Waals surface area contributed by atoms with E-state index in [-0.39, 0.29) is 11.4 Å². The lowest BCUT2D eigenvalue weighted by molar-refractivity contribution is -0.134. The Bertz CT molecular complexity index is 1110. The summed E-state index contributed by atoms with van der Waals surface area (Å²) < 4.78 is 16.6. The minimum absolute atomic E-state index is 0.129. The van der Waals surface area contributed by atoms with E-state index in [9.17, 15) is 5.11 Å². The summed E-state index contributed by atoms with van der Waals surface area (Å²) in [6, 6.07) is 22.8. The Balaban J connectivity index is 0.000000297. The molecular weight excluding hydrogens is 448 g/mol. The second-order valence-electron chi connectivity index (χ2n) is 9.57. The zero-order valence-electron chi connectivity index (χ0n) is 22.2. The van der Waals surface area contributed by atoms with Crippen LogP contribution in [0.1, 0.15) is 51.3 Å². The highest BCUT2D eigenvalue weighted by molar-refractivity contribution is 5.58. The van der Waals surface area contributed by atoms with Gasteiger partial charge in [0.1, 0.15) is 22.8 Å². The molecule has 0 heterocycles. The highest BCUT2D eigenvalue weighted by Gasteiger charge is 2.17. The smallest absolute Gasteiger partial charge is 0.204 e. The van der Waals surface area contributed by atoms with Gasteiger partial charge < -0.3 is 19.3 Å². The maximum absolute atomic E-state index is 9.23. The molecule has 190 valence electrons. The first-order valence-electron chi connectivity index (χ1n) is 11.9. The number of phenolic OH excluding ortho intramolecular Hbond substituents is 1. The van der Waals surface area contributed by atoms with Gasteiger partial charge in [-0.15, -0.1) is 0 Å². The summed E-state index contributed by atoms with van der Waals surface area (Å²) in [4.78, 5) is 0. The summed E-state index contributed by atoms with van der Waals surface area (Å²) >= 11 is 0. The molecule has 4 nitrogen and oxygen atoms in total. The molecule has 0 radical (unpaired) electrons. The molecule has 0 fully saturated rings. The van der Waals surface area contributed by atoms with Crippen LogP contribution in [-0.2, 0) is 4.74 Å². The maximum Gasteiger partial charge on any atom is 0.204 e. The van der Waals surface area contributed by atoms with Crippen LogP contribution in [0.15, 0.2) is 91.5 Å². The van der Waals surface area contributed by atoms with E-state index < -0.39 is 5.79 Å². The van der Waals surface area contributed by atoms with E-state index in [1.807, 2.05) is 126 Å². The van der Waals surface area contributed by atoms with Crippen LogP contribution in [-0.4, -0.2) is 23.6 Å². The van der Waals surface area contributed by atoms with Crippen LogP contribution < -0.4 is 9.47 Å². The van der Waals surface area contributed by atoms with Crippen LogP contribution in [0.5, 0.6) is 17.2 Å². The zero-order chi connectivity index (χ0) is 26.6. The molecule has 3 aromatic rings. The molecule has 0 aliphatic carbocycles. The van der Waals surface area contributed by atoms with E-state index in [4.69, 9.17) is 14.2 Å². The van der Waals surface area contributed by atoms with E-state index in [2.05, 4.69) is 6.58 Å². The molecule has 1 N–H and O–H groups in total. The lowest BCUT2D eigenvalue weighted by atomic mass is 10.1. The molecule has 0 saturated carbocycles. The summed E-state index contributed by atoms with van der Waals surface area (Å²) in [6.07, 6.45) is 9.75. The number of hydrogen-bond donors (Lipinski definition) is 1. The van der Waals surface area contributed by atoms with Crippen molar-refractivity contribution < 1.29 is 19.3 Å². The Kier molecular flexibility index (Phi) is 10.6. The van der Waals surface area contributed by atoms with Crippen LogP contribution in [0.3, 0.4) is 0 Å². The SMILES string of the molecule is C=Cc1ccc(OC(C)(C)C)cc1.COC(C)(C)Oc1ccc(C=CC=Cc2ccc(O)cc2)cc1. The Labute approximate surface area is 216 Å². The predicted octanol–water partition coefficient (Wildman–Crippen LogP) is 8.39. The van der Waals surface area contributed by atoms with Crippen LogP contribution in [0.2, 0.25) is 0 Å². The third-order valence-electron chi connectivity index (χ3n) is 4.86. The van der Waals surface area contributed by atoms with Crippen molar-refractivity contribution in [2.75, 3.05) is 7.11 Å². The molecule has 0 aliphatic heterocycles. The van der Waals surface area contributed by atoms with Crippen molar-refractivity contribution in [3.8, 4) is 17.2 Å². The van der Waals surface area contributed by atoms with Gasteiger partial charge in [-0.25, -0.2) is 0 Å². The molecule has 0 aliphatic rings. The predicted molar refractivity (Wildman–Crippen MR) is 151 cm³/mol. The van der Waals surface area contributed by atoms with E-state index in [1.165, 1.54) is 0 Å². The molecular formula is C32H38O4. The summed E-state index contributed by atoms with van der Waals surface area (Å²) in [5.41, 5.74) is 3.11. The first kappa shape index (κ1) is 28.5. The van der Waals surface area contributed by atoms with E-state index in [0.29, 0.717) is 0 Å². The molecule has 0 saturated heterocycles. The van der Waals surface area contributed by atoms with Crippen molar-refractivity contribution >= 4 is 18.2 Å². The monoisotopic (exact) mass is 486 g/mol. The summed E-state index contributed by atoms with van der Waals surface area (Å²) in [5, 5.41) is 9.23. The molecule has 0 aromatic heterocycles. The fourth-order valence-corrected chi connectivity index (χ4v) is 2.92. The topological polar surface area (TPSA) is 47.9 Å². The number of methoxy groups -OCH3 is 1. The van der Waals surface area contributed by atoms with Crippen LogP contribution in [0.4, 0.5) is 0 Å². The first-order chi connectivity index (χ1) is 17.0. The fraction of sp³-hybridized carbons (Fsp3) is 0.250. The summed E-state index contributed by atoms with van der Waals surface area (Å²) in [6.45, 7) is 13.5. The van der Waals surface area contributed by atoms with Crippen molar-refractivity contribution in [3.63, 3.8) is 0 Å². The van der Waals surface area contributed by atoms with Gasteiger partial charge in [-0.05, 0) is 73.9 Å². The van der Waals surface area contributed by atoms with Gasteiger partial charge in [-0.2, -0.15) is 0 Å². The van der Waals surface area contributed by atoms with Crippen molar-refractivity contribution in [2.45, 2.75) is 46.0 Å². The van der Waals surface area contributed by atoms with Crippen LogP contribution >= 0.6 is 0 Å². The number of aromatic hydroxyl groups is 1. The number of ether oxygens (including phenoxy) is 3. The highest BCUT2D eigenvalue weighted by Crippen LogP contribution is 2.20. The largest absolute Gasteiger partial charge is 0.508 e. The summed E-state index contributed by atoms with van der Waals surface area (Å²) in [7, 11) is 1.62. The first-order valence-corrected chi connectivity index (χ1v) is 11.9. The number of benzene rings is 3. The van der Waals surface area contributed by atoms with Gasteiger partial charge in [0.15, 0.2) is 0 Å². The van der Waals surface area contributed by atoms with Gasteiger partial charge in [0.2, 0.25) is 5.79 Å². The van der Waals surface area contributed by atoms with Crippen LogP contribution in [0, 0.1) is 0 Å². The molecule has 0 atom stereocenters. The Morgan fingerprint density at radius 1 is 0.639 bits per heavy atom. The average molecular weight is 487 g/mol. The zero-order valence-corrected chi connectivity index (χ0v) is 22.2. The molecule has 0 amide bonds. The quantitative estimate of drug-likeness (QED) is 0.257. The molecule has 4 heteroatoms. The molecule has 3 aromatic carbocycles. The lowest BCUT2D eigenvalue weighted by Gasteiger charge is -2.24. The Hall–Kier alpha value is -3.76. The molecule has 36 heavy (non-hydrogen) atoms. The highest BCUT2D eigenvalue weighted by atomic mass is 16.7. The minimum atomic E-state index is -0.635. The van der Waals surface area contributed by atoms with Crippen molar-refractivity contribution in [2.24, 2.45) is 0 Å². The molecule has 0 spiro atoms. The van der Waals surface area contributed by atoms with Crippen molar-refractivity contribution in [1.29, 1.82) is 0 Å². The summed E-state index contributed by atoms with van der Waals surface area (Å²) in [5.74, 6) is 1.31. The third kappa shape index (κ3) is 11.1. The second-order valence-corrected chi connectivity index (χ2v) is 9.57. The van der Waals surface area contributed by atoms with Gasteiger partial charge in [-0.1, -0.05) is 73.4 Å². The van der Waals surface area contributed by atoms with E-state index >= 15 is 0 Å². The standard InChI is InChI=1S/C20H22O3.C12H16O/c1-20(2,22-3)23-19-14-10-17(11-15-19)7-5-4-6-16-8-12-18(21)13-9-16;1-5-10-6-8-11(9-7-10)13-12(2,3)4/h4-15,21H,1-3H3;5-9H,1H2,2-4H3. The van der Waals surface area contributed by atoms with Gasteiger partial charge >= 0.3 is 0 Å². The van der Waals surface area contributed by atoms with Gasteiger partial charge in [0.25, 0.3) is 0 Å². The van der Waals surface area contributed by atoms with E-state index in [1.54, 1.807) is 19.2 Å². The Morgan fingerprint density at radius 3 is 1.47 bits per heavy atom. The third-order valence-corrected chi connectivity index (χ3v) is 4.86. The van der Waals surface area contributed by atoms with E-state index in [0.717, 1.165) is 28.2 Å². The van der Waals surface area contributed by atoms with Gasteiger partial charge in [-0.3, -0.25) is 0 Å². The molecule has 0 unspecified atom stereocenters. The number of hydrogen-bond acceptors (Lipinski definition) is 4. The van der Waals surface area contributed by atoms with Crippen molar-refractivity contribution in [3.05, 3.63) is 108 Å². The lowest BCUT2D eigenvalue weighted by Crippen LogP contribution is -2.30. The molecule has 3 rings (SSSR count). The number of allylic oxidation sites excluding steroid dienone is 2. The molecule has 0 bridgehead atoms. The normalized spacial score (nSPS) is 11.7. The average Bonchev–Trinajstić information content (AvgIpc) is 2.84. The Morgan fingerprint density at radius 2 is 1.06 bits per heavy atom. The minimum Gasteiger partial charge on any atom is -0.508 e. The number of rotatable bonds is 8. The van der Waals surface area contributed by atoms with Crippen molar-refractivity contribution in [1.82, 2.24) is 0 Å². The van der Waals surface area contributed by atoms with Crippen LogP contribution in [0.25, 0.3) is 18.2 Å². The second kappa shape index (κ2) is 13.4. The fourth-order valence-electron chi connectivity index (χ4n) is 2.92. The van der Waals surface area contributed by atoms with Gasteiger partial charge in [0.05, 0.1) is 0 Å². The number of phenols is 1. The van der Waals surface area contributed by atoms with Gasteiger partial charge in [0, 0.05) is 21.0 Å².